The first-order valence-corrected chi connectivity index (χ1v) is 5.50. The van der Waals surface area contributed by atoms with E-state index >= 15 is 0 Å². The fourth-order valence-corrected chi connectivity index (χ4v) is 1.67. The van der Waals surface area contributed by atoms with Crippen LogP contribution in [0.25, 0.3) is 11.3 Å². The largest absolute Gasteiger partial charge is 0.494 e. The first kappa shape index (κ1) is 11.4. The first-order valence-electron chi connectivity index (χ1n) is 5.50. The number of nitrogens with one attached hydrogen (secondary N) is 1. The molecular formula is C13H14N2O2. The second-order valence-electron chi connectivity index (χ2n) is 3.70. The van der Waals surface area contributed by atoms with Crippen LogP contribution in [0.5, 0.6) is 5.75 Å². The average Bonchev–Trinajstić information content (AvgIpc) is 2.32. The summed E-state index contributed by atoms with van der Waals surface area (Å²) in [7, 11) is 0. The molecule has 4 heteroatoms. The van der Waals surface area contributed by atoms with Gasteiger partial charge in [-0.05, 0) is 49.2 Å². The molecule has 17 heavy (non-hydrogen) atoms. The molecule has 0 saturated heterocycles. The maximum Gasteiger partial charge on any atom is 0.345 e. The molecule has 0 amide bonds. The van der Waals surface area contributed by atoms with Crippen LogP contribution in [0.4, 0.5) is 0 Å². The Morgan fingerprint density at radius 2 is 2.18 bits per heavy atom. The number of hydrogen-bond acceptors (Lipinski definition) is 3. The summed E-state index contributed by atoms with van der Waals surface area (Å²) in [6, 6.07) is 7.59. The summed E-state index contributed by atoms with van der Waals surface area (Å²) in [5, 5.41) is 0. The van der Waals surface area contributed by atoms with E-state index in [0.717, 1.165) is 22.6 Å². The predicted molar refractivity (Wildman–Crippen MR) is 66.2 cm³/mol. The van der Waals surface area contributed by atoms with E-state index in [2.05, 4.69) is 9.97 Å². The van der Waals surface area contributed by atoms with Gasteiger partial charge >= 0.3 is 5.69 Å². The molecule has 0 aliphatic carbocycles. The van der Waals surface area contributed by atoms with Crippen LogP contribution in [0.15, 0.2) is 35.3 Å². The summed E-state index contributed by atoms with van der Waals surface area (Å²) in [4.78, 5) is 17.4. The molecule has 1 aromatic heterocycles. The summed E-state index contributed by atoms with van der Waals surface area (Å²) in [5.74, 6) is 0.868. The fraction of sp³-hybridized carbons (Fsp3) is 0.231. The summed E-state index contributed by atoms with van der Waals surface area (Å²) in [5.41, 5.74) is 2.41. The van der Waals surface area contributed by atoms with E-state index < -0.39 is 0 Å². The van der Waals surface area contributed by atoms with Gasteiger partial charge in [-0.25, -0.2) is 9.78 Å². The quantitative estimate of drug-likeness (QED) is 0.878. The van der Waals surface area contributed by atoms with E-state index in [1.807, 2.05) is 32.0 Å². The Balaban J connectivity index is 2.41. The van der Waals surface area contributed by atoms with Crippen LogP contribution >= 0.6 is 0 Å². The van der Waals surface area contributed by atoms with Gasteiger partial charge in [-0.3, -0.25) is 0 Å². The van der Waals surface area contributed by atoms with Crippen LogP contribution < -0.4 is 10.4 Å². The maximum absolute atomic E-state index is 11.1. The van der Waals surface area contributed by atoms with Crippen LogP contribution in [0.1, 0.15) is 12.5 Å². The van der Waals surface area contributed by atoms with Gasteiger partial charge in [0.15, 0.2) is 0 Å². The third kappa shape index (κ3) is 2.53. The lowest BCUT2D eigenvalue weighted by Gasteiger charge is -2.08. The fourth-order valence-electron chi connectivity index (χ4n) is 1.67. The highest BCUT2D eigenvalue weighted by Crippen LogP contribution is 2.24. The van der Waals surface area contributed by atoms with Crippen LogP contribution in [0.3, 0.4) is 0 Å². The molecule has 4 nitrogen and oxygen atoms in total. The highest BCUT2D eigenvalue weighted by Gasteiger charge is 2.03. The minimum Gasteiger partial charge on any atom is -0.494 e. The summed E-state index contributed by atoms with van der Waals surface area (Å²) in [6.45, 7) is 4.58. The molecule has 0 unspecified atom stereocenters. The third-order valence-electron chi connectivity index (χ3n) is 2.46. The van der Waals surface area contributed by atoms with Crippen molar-refractivity contribution in [3.8, 4) is 17.0 Å². The SMILES string of the molecule is CCOc1ccc(-c2ccnc(=O)[nH]2)cc1C. The van der Waals surface area contributed by atoms with Crippen molar-refractivity contribution >= 4 is 0 Å². The second-order valence-corrected chi connectivity index (χ2v) is 3.70. The number of rotatable bonds is 3. The lowest BCUT2D eigenvalue weighted by atomic mass is 10.1. The Hall–Kier alpha value is -2.10. The number of aromatic nitrogens is 2. The topological polar surface area (TPSA) is 55.0 Å². The maximum atomic E-state index is 11.1. The van der Waals surface area contributed by atoms with Crippen LogP contribution in [-0.2, 0) is 0 Å². The summed E-state index contributed by atoms with van der Waals surface area (Å²) >= 11 is 0. The van der Waals surface area contributed by atoms with Crippen LogP contribution in [-0.4, -0.2) is 16.6 Å². The Morgan fingerprint density at radius 3 is 2.82 bits per heavy atom. The number of hydrogen-bond donors (Lipinski definition) is 1. The van der Waals surface area contributed by atoms with Gasteiger partial charge in [0.2, 0.25) is 0 Å². The molecule has 0 aliphatic heterocycles. The molecule has 0 atom stereocenters. The number of aromatic amines is 1. The number of nitrogens with zero attached hydrogens (tertiary/aromatic N) is 1. The van der Waals surface area contributed by atoms with Gasteiger partial charge in [0.1, 0.15) is 5.75 Å². The molecule has 0 bridgehead atoms. The number of aryl methyl sites for hydroxylation is 1. The van der Waals surface area contributed by atoms with E-state index in [1.54, 1.807) is 6.07 Å². The molecule has 1 heterocycles. The predicted octanol–water partition coefficient (Wildman–Crippen LogP) is 2.14. The van der Waals surface area contributed by atoms with Gasteiger partial charge in [-0.15, -0.1) is 0 Å². The lowest BCUT2D eigenvalue weighted by molar-refractivity contribution is 0.338. The molecular weight excluding hydrogens is 216 g/mol. The Kier molecular flexibility index (Phi) is 3.23. The van der Waals surface area contributed by atoms with Crippen molar-refractivity contribution in [1.29, 1.82) is 0 Å². The summed E-state index contributed by atoms with van der Waals surface area (Å²) in [6.07, 6.45) is 1.50. The third-order valence-corrected chi connectivity index (χ3v) is 2.46. The zero-order valence-corrected chi connectivity index (χ0v) is 9.86. The molecule has 0 saturated carbocycles. The zero-order chi connectivity index (χ0) is 12.3. The normalized spacial score (nSPS) is 10.2. The van der Waals surface area contributed by atoms with Crippen LogP contribution in [0.2, 0.25) is 0 Å². The second kappa shape index (κ2) is 4.82. The minimum absolute atomic E-state index is 0.339. The molecule has 0 aliphatic rings. The highest BCUT2D eigenvalue weighted by molar-refractivity contribution is 5.61. The number of ether oxygens (including phenoxy) is 1. The minimum atomic E-state index is -0.339. The molecule has 0 spiro atoms. The lowest BCUT2D eigenvalue weighted by Crippen LogP contribution is -2.09. The number of H-pyrrole nitrogens is 1. The van der Waals surface area contributed by atoms with Crippen molar-refractivity contribution in [2.75, 3.05) is 6.61 Å². The first-order chi connectivity index (χ1) is 8.20. The van der Waals surface area contributed by atoms with Gasteiger partial charge in [0.05, 0.1) is 12.3 Å². The van der Waals surface area contributed by atoms with E-state index in [4.69, 9.17) is 4.74 Å². The monoisotopic (exact) mass is 230 g/mol. The molecule has 0 fully saturated rings. The Labute approximate surface area is 99.3 Å². The molecule has 1 aromatic carbocycles. The van der Waals surface area contributed by atoms with E-state index in [9.17, 15) is 4.79 Å². The van der Waals surface area contributed by atoms with Crippen molar-refractivity contribution in [3.05, 3.63) is 46.5 Å². The number of benzene rings is 1. The standard InChI is InChI=1S/C13H14N2O2/c1-3-17-12-5-4-10(8-9(12)2)11-6-7-14-13(16)15-11/h4-8H,3H2,1-2H3,(H,14,15,16). The van der Waals surface area contributed by atoms with Gasteiger partial charge < -0.3 is 9.72 Å². The molecule has 1 N–H and O–H groups in total. The molecule has 2 rings (SSSR count). The van der Waals surface area contributed by atoms with Crippen molar-refractivity contribution in [2.45, 2.75) is 13.8 Å². The van der Waals surface area contributed by atoms with Gasteiger partial charge in [-0.1, -0.05) is 0 Å². The Bertz CT molecular complexity index is 576. The van der Waals surface area contributed by atoms with E-state index in [-0.39, 0.29) is 5.69 Å². The van der Waals surface area contributed by atoms with Crippen molar-refractivity contribution in [3.63, 3.8) is 0 Å². The molecule has 0 radical (unpaired) electrons. The summed E-state index contributed by atoms with van der Waals surface area (Å²) < 4.78 is 5.47. The van der Waals surface area contributed by atoms with Gasteiger partial charge in [0, 0.05) is 6.20 Å². The van der Waals surface area contributed by atoms with Gasteiger partial charge in [0.25, 0.3) is 0 Å². The molecule has 88 valence electrons. The highest BCUT2D eigenvalue weighted by atomic mass is 16.5. The smallest absolute Gasteiger partial charge is 0.345 e. The van der Waals surface area contributed by atoms with Crippen molar-refractivity contribution in [1.82, 2.24) is 9.97 Å². The van der Waals surface area contributed by atoms with Crippen molar-refractivity contribution in [2.24, 2.45) is 0 Å². The zero-order valence-electron chi connectivity index (χ0n) is 9.86. The van der Waals surface area contributed by atoms with Crippen molar-refractivity contribution < 1.29 is 4.74 Å². The Morgan fingerprint density at radius 1 is 1.35 bits per heavy atom. The molecule has 2 aromatic rings. The van der Waals surface area contributed by atoms with E-state index in [0.29, 0.717) is 6.61 Å². The average molecular weight is 230 g/mol. The van der Waals surface area contributed by atoms with Gasteiger partial charge in [-0.2, -0.15) is 0 Å². The van der Waals surface area contributed by atoms with Crippen LogP contribution in [0, 0.1) is 6.92 Å². The van der Waals surface area contributed by atoms with E-state index in [1.165, 1.54) is 6.20 Å².